The second-order valence-corrected chi connectivity index (χ2v) is 4.60. The zero-order chi connectivity index (χ0) is 10.6. The lowest BCUT2D eigenvalue weighted by molar-refractivity contribution is 0.0349. The molecule has 0 bridgehead atoms. The predicted molar refractivity (Wildman–Crippen MR) is 59.7 cm³/mol. The molecule has 0 amide bonds. The summed E-state index contributed by atoms with van der Waals surface area (Å²) in [5.74, 6) is -0.274. The van der Waals surface area contributed by atoms with E-state index in [0.29, 0.717) is 5.56 Å². The van der Waals surface area contributed by atoms with Crippen molar-refractivity contribution in [3.8, 4) is 0 Å². The Kier molecular flexibility index (Phi) is 4.14. The Morgan fingerprint density at radius 1 is 1.29 bits per heavy atom. The maximum Gasteiger partial charge on any atom is 0.338 e. The van der Waals surface area contributed by atoms with Crippen LogP contribution in [0.3, 0.4) is 0 Å². The van der Waals surface area contributed by atoms with Crippen LogP contribution in [0.4, 0.5) is 0 Å². The second-order valence-electron chi connectivity index (χ2n) is 3.15. The highest BCUT2D eigenvalue weighted by atomic mass is 79.9. The molecule has 76 valence electrons. The third kappa shape index (κ3) is 3.14. The summed E-state index contributed by atoms with van der Waals surface area (Å²) < 4.78 is 5.21. The molecule has 1 rings (SSSR count). The van der Waals surface area contributed by atoms with E-state index in [2.05, 4.69) is 15.9 Å². The van der Waals surface area contributed by atoms with Crippen LogP contribution in [0.25, 0.3) is 0 Å². The van der Waals surface area contributed by atoms with Gasteiger partial charge in [-0.05, 0) is 26.0 Å². The van der Waals surface area contributed by atoms with Crippen LogP contribution in [0.1, 0.15) is 24.2 Å². The average molecular weight is 257 g/mol. The van der Waals surface area contributed by atoms with Gasteiger partial charge in [0.1, 0.15) is 6.10 Å². The molecule has 0 radical (unpaired) electrons. The Morgan fingerprint density at radius 2 is 1.86 bits per heavy atom. The summed E-state index contributed by atoms with van der Waals surface area (Å²) in [6.07, 6.45) is -0.122. The maximum atomic E-state index is 11.5. The number of benzene rings is 1. The Balaban J connectivity index is 2.60. The number of carbonyl (C=O) groups is 1. The highest BCUT2D eigenvalue weighted by molar-refractivity contribution is 9.09. The number of hydrogen-bond acceptors (Lipinski definition) is 2. The molecule has 0 aliphatic rings. The molecule has 0 saturated heterocycles. The standard InChI is InChI=1S/C11H13BrO2/c1-8(12)9(2)14-11(13)10-6-4-3-5-7-10/h3-9H,1-2H3/t8-,9-/m0/s1. The van der Waals surface area contributed by atoms with E-state index in [9.17, 15) is 4.79 Å². The Labute approximate surface area is 92.4 Å². The average Bonchev–Trinajstić information content (AvgIpc) is 2.19. The van der Waals surface area contributed by atoms with E-state index >= 15 is 0 Å². The normalized spacial score (nSPS) is 14.5. The van der Waals surface area contributed by atoms with Gasteiger partial charge in [-0.2, -0.15) is 0 Å². The first kappa shape index (κ1) is 11.2. The highest BCUT2D eigenvalue weighted by Crippen LogP contribution is 2.10. The molecule has 14 heavy (non-hydrogen) atoms. The molecule has 0 heterocycles. The SMILES string of the molecule is C[C@H](Br)[C@H](C)OC(=O)c1ccccc1. The number of alkyl halides is 1. The number of rotatable bonds is 3. The van der Waals surface area contributed by atoms with Gasteiger partial charge in [0.25, 0.3) is 0 Å². The lowest BCUT2D eigenvalue weighted by Crippen LogP contribution is -2.21. The van der Waals surface area contributed by atoms with E-state index < -0.39 is 0 Å². The number of ether oxygens (including phenoxy) is 1. The van der Waals surface area contributed by atoms with Gasteiger partial charge in [-0.3, -0.25) is 0 Å². The minimum atomic E-state index is -0.274. The molecule has 2 nitrogen and oxygen atoms in total. The highest BCUT2D eigenvalue weighted by Gasteiger charge is 2.14. The summed E-state index contributed by atoms with van der Waals surface area (Å²) in [5, 5.41) is 0. The van der Waals surface area contributed by atoms with Crippen molar-refractivity contribution in [1.29, 1.82) is 0 Å². The van der Waals surface area contributed by atoms with Gasteiger partial charge in [-0.25, -0.2) is 4.79 Å². The van der Waals surface area contributed by atoms with E-state index in [-0.39, 0.29) is 16.9 Å². The van der Waals surface area contributed by atoms with Crippen LogP contribution >= 0.6 is 15.9 Å². The predicted octanol–water partition coefficient (Wildman–Crippen LogP) is 3.02. The molecular formula is C11H13BrO2. The molecule has 2 atom stereocenters. The number of carbonyl (C=O) groups excluding carboxylic acids is 1. The summed E-state index contributed by atoms with van der Waals surface area (Å²) in [6, 6.07) is 8.99. The zero-order valence-electron chi connectivity index (χ0n) is 8.24. The molecule has 0 N–H and O–H groups in total. The minimum absolute atomic E-state index is 0.122. The molecule has 0 aliphatic carbocycles. The quantitative estimate of drug-likeness (QED) is 0.614. The summed E-state index contributed by atoms with van der Waals surface area (Å²) in [5.41, 5.74) is 0.590. The molecule has 0 unspecified atom stereocenters. The molecule has 0 aromatic heterocycles. The molecular weight excluding hydrogens is 244 g/mol. The topological polar surface area (TPSA) is 26.3 Å². The van der Waals surface area contributed by atoms with Crippen LogP contribution in [0, 0.1) is 0 Å². The largest absolute Gasteiger partial charge is 0.458 e. The monoisotopic (exact) mass is 256 g/mol. The molecule has 0 aliphatic heterocycles. The van der Waals surface area contributed by atoms with Crippen LogP contribution in [-0.4, -0.2) is 16.9 Å². The van der Waals surface area contributed by atoms with Gasteiger partial charge < -0.3 is 4.74 Å². The number of esters is 1. The number of hydrogen-bond donors (Lipinski definition) is 0. The Hall–Kier alpha value is -0.830. The smallest absolute Gasteiger partial charge is 0.338 e. The van der Waals surface area contributed by atoms with E-state index in [0.717, 1.165) is 0 Å². The first-order valence-corrected chi connectivity index (χ1v) is 5.43. The molecule has 0 saturated carbocycles. The first-order valence-electron chi connectivity index (χ1n) is 4.51. The van der Waals surface area contributed by atoms with Gasteiger partial charge in [0, 0.05) is 4.83 Å². The third-order valence-corrected chi connectivity index (χ3v) is 2.69. The van der Waals surface area contributed by atoms with Gasteiger partial charge >= 0.3 is 5.97 Å². The fourth-order valence-electron chi connectivity index (χ4n) is 0.905. The van der Waals surface area contributed by atoms with Crippen LogP contribution < -0.4 is 0 Å². The molecule has 0 spiro atoms. The Morgan fingerprint density at radius 3 is 2.36 bits per heavy atom. The van der Waals surface area contributed by atoms with Crippen molar-refractivity contribution in [3.05, 3.63) is 35.9 Å². The van der Waals surface area contributed by atoms with E-state index in [1.807, 2.05) is 32.0 Å². The molecule has 1 aromatic carbocycles. The summed E-state index contributed by atoms with van der Waals surface area (Å²) >= 11 is 3.36. The van der Waals surface area contributed by atoms with Crippen molar-refractivity contribution in [3.63, 3.8) is 0 Å². The molecule has 0 fully saturated rings. The van der Waals surface area contributed by atoms with E-state index in [1.165, 1.54) is 0 Å². The van der Waals surface area contributed by atoms with Crippen LogP contribution in [0.15, 0.2) is 30.3 Å². The fourth-order valence-corrected chi connectivity index (χ4v) is 1.01. The van der Waals surface area contributed by atoms with Crippen molar-refractivity contribution in [1.82, 2.24) is 0 Å². The van der Waals surface area contributed by atoms with Crippen molar-refractivity contribution in [2.45, 2.75) is 24.8 Å². The maximum absolute atomic E-state index is 11.5. The fraction of sp³-hybridized carbons (Fsp3) is 0.364. The van der Waals surface area contributed by atoms with E-state index in [4.69, 9.17) is 4.74 Å². The van der Waals surface area contributed by atoms with Gasteiger partial charge in [0.15, 0.2) is 0 Å². The Bertz CT molecular complexity index is 295. The van der Waals surface area contributed by atoms with Gasteiger partial charge in [0.05, 0.1) is 5.56 Å². The van der Waals surface area contributed by atoms with Crippen LogP contribution in [0.2, 0.25) is 0 Å². The summed E-state index contributed by atoms with van der Waals surface area (Å²) in [4.78, 5) is 11.7. The third-order valence-electron chi connectivity index (χ3n) is 1.95. The first-order chi connectivity index (χ1) is 6.61. The van der Waals surface area contributed by atoms with Gasteiger partial charge in [0.2, 0.25) is 0 Å². The lowest BCUT2D eigenvalue weighted by Gasteiger charge is -2.15. The second kappa shape index (κ2) is 5.15. The van der Waals surface area contributed by atoms with Crippen molar-refractivity contribution >= 4 is 21.9 Å². The van der Waals surface area contributed by atoms with Crippen molar-refractivity contribution in [2.75, 3.05) is 0 Å². The van der Waals surface area contributed by atoms with Gasteiger partial charge in [-0.1, -0.05) is 34.1 Å². The van der Waals surface area contributed by atoms with Crippen LogP contribution in [0.5, 0.6) is 0 Å². The van der Waals surface area contributed by atoms with Crippen molar-refractivity contribution < 1.29 is 9.53 Å². The van der Waals surface area contributed by atoms with Crippen LogP contribution in [-0.2, 0) is 4.74 Å². The summed E-state index contributed by atoms with van der Waals surface area (Å²) in [7, 11) is 0. The summed E-state index contributed by atoms with van der Waals surface area (Å²) in [6.45, 7) is 3.81. The molecule has 1 aromatic rings. The minimum Gasteiger partial charge on any atom is -0.458 e. The molecule has 3 heteroatoms. The van der Waals surface area contributed by atoms with Crippen molar-refractivity contribution in [2.24, 2.45) is 0 Å². The zero-order valence-corrected chi connectivity index (χ0v) is 9.82. The lowest BCUT2D eigenvalue weighted by atomic mass is 10.2. The van der Waals surface area contributed by atoms with E-state index in [1.54, 1.807) is 12.1 Å². The number of halogens is 1. The van der Waals surface area contributed by atoms with Gasteiger partial charge in [-0.15, -0.1) is 0 Å².